The van der Waals surface area contributed by atoms with E-state index in [2.05, 4.69) is 19.9 Å². The third-order valence-electron chi connectivity index (χ3n) is 6.10. The minimum Gasteiger partial charge on any atom is -0.492 e. The zero-order valence-corrected chi connectivity index (χ0v) is 20.3. The number of fused-ring (bicyclic) bond motifs is 1. The third kappa shape index (κ3) is 4.55. The largest absolute Gasteiger partial charge is 0.492 e. The number of carbonyl (C=O) groups is 2. The first-order valence-corrected chi connectivity index (χ1v) is 11.6. The number of ether oxygens (including phenoxy) is 1. The van der Waals surface area contributed by atoms with Gasteiger partial charge in [0.2, 0.25) is 0 Å². The SMILES string of the molecule is CC1=CC(C)(C)N(C)c2cc(F)c(/C=C3/SC(=O)N(CCOc4ccc(C)cc4)C3=O)cc21. The molecule has 1 saturated heterocycles. The summed E-state index contributed by atoms with van der Waals surface area (Å²) in [5.41, 5.74) is 3.94. The molecular formula is C26H27FN2O3S. The number of thioether (sulfide) groups is 1. The second-order valence-electron chi connectivity index (χ2n) is 8.93. The molecule has 0 bridgehead atoms. The second kappa shape index (κ2) is 8.71. The van der Waals surface area contributed by atoms with Gasteiger partial charge in [-0.15, -0.1) is 0 Å². The maximum atomic E-state index is 15.0. The van der Waals surface area contributed by atoms with Crippen molar-refractivity contribution in [2.24, 2.45) is 0 Å². The zero-order valence-electron chi connectivity index (χ0n) is 19.4. The zero-order chi connectivity index (χ0) is 23.9. The molecule has 2 aromatic rings. The number of carbonyl (C=O) groups excluding carboxylic acids is 2. The number of likely N-dealkylation sites (N-methyl/N-ethyl adjacent to an activating group) is 1. The van der Waals surface area contributed by atoms with Crippen LogP contribution in [0.1, 0.15) is 37.5 Å². The van der Waals surface area contributed by atoms with E-state index >= 15 is 0 Å². The predicted molar refractivity (Wildman–Crippen MR) is 132 cm³/mol. The van der Waals surface area contributed by atoms with E-state index in [1.165, 1.54) is 12.1 Å². The molecule has 2 amide bonds. The maximum Gasteiger partial charge on any atom is 0.293 e. The highest BCUT2D eigenvalue weighted by Gasteiger charge is 2.35. The molecular weight excluding hydrogens is 439 g/mol. The van der Waals surface area contributed by atoms with Crippen LogP contribution in [0.2, 0.25) is 0 Å². The molecule has 0 unspecified atom stereocenters. The molecule has 0 saturated carbocycles. The smallest absolute Gasteiger partial charge is 0.293 e. The first-order valence-electron chi connectivity index (χ1n) is 10.8. The van der Waals surface area contributed by atoms with Crippen LogP contribution in [0.15, 0.2) is 47.4 Å². The average molecular weight is 467 g/mol. The Morgan fingerprint density at radius 2 is 1.82 bits per heavy atom. The van der Waals surface area contributed by atoms with Crippen molar-refractivity contribution in [1.29, 1.82) is 0 Å². The molecule has 172 valence electrons. The highest BCUT2D eigenvalue weighted by Crippen LogP contribution is 2.40. The molecule has 0 radical (unpaired) electrons. The number of allylic oxidation sites excluding steroid dienone is 1. The number of anilines is 1. The summed E-state index contributed by atoms with van der Waals surface area (Å²) in [5.74, 6) is -0.184. The van der Waals surface area contributed by atoms with Crippen LogP contribution in [-0.2, 0) is 4.79 Å². The molecule has 0 aliphatic carbocycles. The minimum atomic E-state index is -0.430. The lowest BCUT2D eigenvalue weighted by molar-refractivity contribution is -0.123. The van der Waals surface area contributed by atoms with Crippen LogP contribution in [0, 0.1) is 12.7 Å². The summed E-state index contributed by atoms with van der Waals surface area (Å²) in [6.45, 7) is 8.45. The number of imide groups is 1. The maximum absolute atomic E-state index is 15.0. The lowest BCUT2D eigenvalue weighted by atomic mass is 9.88. The van der Waals surface area contributed by atoms with Crippen LogP contribution >= 0.6 is 11.8 Å². The normalized spacial score (nSPS) is 18.6. The van der Waals surface area contributed by atoms with Crippen molar-refractivity contribution in [3.8, 4) is 5.75 Å². The van der Waals surface area contributed by atoms with Crippen molar-refractivity contribution in [2.45, 2.75) is 33.2 Å². The van der Waals surface area contributed by atoms with Crippen molar-refractivity contribution >= 4 is 40.2 Å². The topological polar surface area (TPSA) is 49.9 Å². The molecule has 5 nitrogen and oxygen atoms in total. The van der Waals surface area contributed by atoms with Gasteiger partial charge in [0.25, 0.3) is 11.1 Å². The highest BCUT2D eigenvalue weighted by atomic mass is 32.2. The first-order chi connectivity index (χ1) is 15.6. The van der Waals surface area contributed by atoms with Gasteiger partial charge >= 0.3 is 0 Å². The molecule has 2 aliphatic rings. The summed E-state index contributed by atoms with van der Waals surface area (Å²) >= 11 is 0.823. The van der Waals surface area contributed by atoms with E-state index in [9.17, 15) is 14.0 Å². The molecule has 7 heteroatoms. The van der Waals surface area contributed by atoms with Crippen molar-refractivity contribution in [2.75, 3.05) is 25.1 Å². The van der Waals surface area contributed by atoms with Gasteiger partial charge in [-0.05, 0) is 75.4 Å². The number of aryl methyl sites for hydroxylation is 1. The van der Waals surface area contributed by atoms with E-state index < -0.39 is 11.7 Å². The standard InChI is InChI=1S/C26H27FN2O3S/c1-16-6-8-19(9-7-16)32-11-10-29-24(30)23(33-25(29)31)13-18-12-20-17(2)15-26(3,4)28(5)22(20)14-21(18)27/h6-9,12-15H,10-11H2,1-5H3/b23-13+. The van der Waals surface area contributed by atoms with Crippen LogP contribution in [0.25, 0.3) is 11.6 Å². The third-order valence-corrected chi connectivity index (χ3v) is 7.01. The van der Waals surface area contributed by atoms with Crippen molar-refractivity contribution in [3.05, 3.63) is 69.9 Å². The lowest BCUT2D eigenvalue weighted by Gasteiger charge is -2.40. The Labute approximate surface area is 197 Å². The summed E-state index contributed by atoms with van der Waals surface area (Å²) < 4.78 is 20.6. The van der Waals surface area contributed by atoms with Crippen molar-refractivity contribution in [3.63, 3.8) is 0 Å². The molecule has 2 aliphatic heterocycles. The van der Waals surface area contributed by atoms with Crippen LogP contribution < -0.4 is 9.64 Å². The van der Waals surface area contributed by atoms with Gasteiger partial charge in [0.1, 0.15) is 18.2 Å². The number of amides is 2. The molecule has 0 atom stereocenters. The van der Waals surface area contributed by atoms with E-state index in [-0.39, 0.29) is 34.4 Å². The van der Waals surface area contributed by atoms with Crippen LogP contribution in [-0.4, -0.2) is 41.8 Å². The number of nitrogens with zero attached hydrogens (tertiary/aromatic N) is 2. The molecule has 0 spiro atoms. The Hall–Kier alpha value is -3.06. The summed E-state index contributed by atoms with van der Waals surface area (Å²) in [4.78, 5) is 28.6. The van der Waals surface area contributed by atoms with E-state index in [1.54, 1.807) is 6.07 Å². The number of rotatable bonds is 5. The minimum absolute atomic E-state index is 0.129. The summed E-state index contributed by atoms with van der Waals surface area (Å²) in [5, 5.41) is -0.380. The molecule has 1 fully saturated rings. The van der Waals surface area contributed by atoms with Gasteiger partial charge in [-0.2, -0.15) is 0 Å². The van der Waals surface area contributed by atoms with E-state index in [1.807, 2.05) is 50.1 Å². The van der Waals surface area contributed by atoms with Gasteiger partial charge in [0.15, 0.2) is 0 Å². The Morgan fingerprint density at radius 1 is 1.12 bits per heavy atom. The van der Waals surface area contributed by atoms with Gasteiger partial charge in [0, 0.05) is 23.9 Å². The van der Waals surface area contributed by atoms with E-state index in [4.69, 9.17) is 4.74 Å². The predicted octanol–water partition coefficient (Wildman–Crippen LogP) is 5.88. The van der Waals surface area contributed by atoms with Crippen LogP contribution in [0.3, 0.4) is 0 Å². The fourth-order valence-electron chi connectivity index (χ4n) is 4.02. The Kier molecular flexibility index (Phi) is 6.10. The van der Waals surface area contributed by atoms with Crippen LogP contribution in [0.5, 0.6) is 5.75 Å². The first kappa shape index (κ1) is 23.1. The fourth-order valence-corrected chi connectivity index (χ4v) is 4.88. The number of benzene rings is 2. The van der Waals surface area contributed by atoms with Gasteiger partial charge in [0.05, 0.1) is 17.0 Å². The van der Waals surface area contributed by atoms with Crippen molar-refractivity contribution in [1.82, 2.24) is 4.90 Å². The van der Waals surface area contributed by atoms with Gasteiger partial charge in [-0.3, -0.25) is 14.5 Å². The number of hydrogen-bond donors (Lipinski definition) is 0. The summed E-state index contributed by atoms with van der Waals surface area (Å²) in [6, 6.07) is 10.8. The monoisotopic (exact) mass is 466 g/mol. The van der Waals surface area contributed by atoms with Crippen molar-refractivity contribution < 1.29 is 18.7 Å². The molecule has 0 aromatic heterocycles. The highest BCUT2D eigenvalue weighted by molar-refractivity contribution is 8.18. The van der Waals surface area contributed by atoms with Crippen LogP contribution in [0.4, 0.5) is 14.9 Å². The molecule has 4 rings (SSSR count). The number of hydrogen-bond acceptors (Lipinski definition) is 5. The molecule has 2 aromatic carbocycles. The fraction of sp³-hybridized carbons (Fsp3) is 0.308. The molecule has 33 heavy (non-hydrogen) atoms. The summed E-state index contributed by atoms with van der Waals surface area (Å²) in [7, 11) is 1.94. The average Bonchev–Trinajstić information content (AvgIpc) is 3.01. The van der Waals surface area contributed by atoms with Gasteiger partial charge in [-0.1, -0.05) is 23.8 Å². The van der Waals surface area contributed by atoms with Gasteiger partial charge in [-0.25, -0.2) is 4.39 Å². The summed E-state index contributed by atoms with van der Waals surface area (Å²) in [6.07, 6.45) is 3.60. The molecule has 0 N–H and O–H groups in total. The van der Waals surface area contributed by atoms with Gasteiger partial charge < -0.3 is 9.64 Å². The quantitative estimate of drug-likeness (QED) is 0.515. The Morgan fingerprint density at radius 3 is 2.52 bits per heavy atom. The van der Waals surface area contributed by atoms with E-state index in [0.29, 0.717) is 5.75 Å². The number of halogens is 1. The lowest BCUT2D eigenvalue weighted by Crippen LogP contribution is -2.42. The van der Waals surface area contributed by atoms with E-state index in [0.717, 1.165) is 39.0 Å². The second-order valence-corrected chi connectivity index (χ2v) is 9.92. The Bertz CT molecular complexity index is 1180. The molecule has 2 heterocycles. The Balaban J connectivity index is 1.52.